The van der Waals surface area contributed by atoms with Gasteiger partial charge in [-0.25, -0.2) is 4.98 Å². The van der Waals surface area contributed by atoms with E-state index in [4.69, 9.17) is 4.74 Å². The monoisotopic (exact) mass is 306 g/mol. The fraction of sp³-hybridized carbons (Fsp3) is 0.158. The first kappa shape index (κ1) is 15.0. The van der Waals surface area contributed by atoms with Crippen LogP contribution in [0.5, 0.6) is 5.75 Å². The van der Waals surface area contributed by atoms with Crippen molar-refractivity contribution in [3.05, 3.63) is 66.0 Å². The maximum Gasteiger partial charge on any atom is 0.186 e. The molecule has 0 aliphatic rings. The predicted molar refractivity (Wildman–Crippen MR) is 91.8 cm³/mol. The van der Waals surface area contributed by atoms with E-state index in [1.807, 2.05) is 30.3 Å². The Kier molecular flexibility index (Phi) is 4.24. The molecule has 0 fully saturated rings. The topological polar surface area (TPSA) is 44.1 Å². The molecule has 0 radical (unpaired) electrons. The molecule has 4 nitrogen and oxygen atoms in total. The molecule has 0 N–H and O–H groups in total. The van der Waals surface area contributed by atoms with Gasteiger partial charge in [-0.15, -0.1) is 0 Å². The quantitative estimate of drug-likeness (QED) is 0.529. The molecule has 0 saturated heterocycles. The second-order valence-electron chi connectivity index (χ2n) is 5.13. The van der Waals surface area contributed by atoms with Crippen molar-refractivity contribution in [1.29, 1.82) is 0 Å². The van der Waals surface area contributed by atoms with E-state index in [1.165, 1.54) is 0 Å². The number of para-hydroxylation sites is 2. The maximum atomic E-state index is 12.3. The molecular weight excluding hydrogens is 288 g/mol. The number of methoxy groups -OCH3 is 1. The minimum Gasteiger partial charge on any atom is -0.497 e. The lowest BCUT2D eigenvalue weighted by Gasteiger charge is -2.02. The second kappa shape index (κ2) is 6.48. The maximum absolute atomic E-state index is 12.3. The standard InChI is InChI=1S/C19H18N2O2/c1-3-21-17-10-5-4-9-16(17)20-19(21)12-11-18(22)14-7-6-8-15(13-14)23-2/h4-13H,3H2,1-2H3/b12-11+. The number of imidazole rings is 1. The summed E-state index contributed by atoms with van der Waals surface area (Å²) in [4.78, 5) is 16.9. The summed E-state index contributed by atoms with van der Waals surface area (Å²) in [5.74, 6) is 1.38. The number of carbonyl (C=O) groups excluding carboxylic acids is 1. The number of aryl methyl sites for hydroxylation is 1. The van der Waals surface area contributed by atoms with Crippen LogP contribution >= 0.6 is 0 Å². The van der Waals surface area contributed by atoms with E-state index < -0.39 is 0 Å². The van der Waals surface area contributed by atoms with Crippen molar-refractivity contribution in [1.82, 2.24) is 9.55 Å². The molecule has 0 spiro atoms. The smallest absolute Gasteiger partial charge is 0.186 e. The van der Waals surface area contributed by atoms with Gasteiger partial charge in [-0.2, -0.15) is 0 Å². The number of hydrogen-bond acceptors (Lipinski definition) is 3. The van der Waals surface area contributed by atoms with E-state index in [9.17, 15) is 4.79 Å². The van der Waals surface area contributed by atoms with Crippen LogP contribution < -0.4 is 4.74 Å². The molecule has 3 rings (SSSR count). The average Bonchev–Trinajstić information content (AvgIpc) is 2.97. The van der Waals surface area contributed by atoms with Crippen LogP contribution in [0.25, 0.3) is 17.1 Å². The zero-order valence-electron chi connectivity index (χ0n) is 13.2. The molecule has 0 bridgehead atoms. The third-order valence-corrected chi connectivity index (χ3v) is 3.74. The van der Waals surface area contributed by atoms with Gasteiger partial charge in [0.2, 0.25) is 0 Å². The van der Waals surface area contributed by atoms with Crippen LogP contribution in [0, 0.1) is 0 Å². The SMILES string of the molecule is CCn1c(/C=C/C(=O)c2cccc(OC)c2)nc2ccccc21. The van der Waals surface area contributed by atoms with Gasteiger partial charge in [0.15, 0.2) is 5.78 Å². The molecule has 0 amide bonds. The number of allylic oxidation sites excluding steroid dienone is 1. The van der Waals surface area contributed by atoms with Gasteiger partial charge in [0.25, 0.3) is 0 Å². The highest BCUT2D eigenvalue weighted by Gasteiger charge is 2.08. The molecule has 4 heteroatoms. The Hall–Kier alpha value is -2.88. The molecule has 0 atom stereocenters. The molecule has 3 aromatic rings. The fourth-order valence-electron chi connectivity index (χ4n) is 2.58. The van der Waals surface area contributed by atoms with Crippen LogP contribution in [0.2, 0.25) is 0 Å². The molecule has 23 heavy (non-hydrogen) atoms. The molecule has 0 saturated carbocycles. The van der Waals surface area contributed by atoms with Crippen molar-refractivity contribution >= 4 is 22.9 Å². The Morgan fingerprint density at radius 1 is 1.22 bits per heavy atom. The van der Waals surface area contributed by atoms with Gasteiger partial charge >= 0.3 is 0 Å². The number of rotatable bonds is 5. The zero-order valence-corrected chi connectivity index (χ0v) is 13.2. The number of ketones is 1. The fourth-order valence-corrected chi connectivity index (χ4v) is 2.58. The molecule has 1 aromatic heterocycles. The van der Waals surface area contributed by atoms with Crippen molar-refractivity contribution < 1.29 is 9.53 Å². The van der Waals surface area contributed by atoms with Crippen molar-refractivity contribution in [2.24, 2.45) is 0 Å². The lowest BCUT2D eigenvalue weighted by Crippen LogP contribution is -1.99. The molecule has 2 aromatic carbocycles. The summed E-state index contributed by atoms with van der Waals surface area (Å²) in [5, 5.41) is 0. The minimum atomic E-state index is -0.0707. The molecule has 116 valence electrons. The number of ether oxygens (including phenoxy) is 1. The summed E-state index contributed by atoms with van der Waals surface area (Å²) in [7, 11) is 1.59. The minimum absolute atomic E-state index is 0.0707. The van der Waals surface area contributed by atoms with Crippen LogP contribution in [0.1, 0.15) is 23.1 Å². The van der Waals surface area contributed by atoms with Crippen LogP contribution in [0.15, 0.2) is 54.6 Å². The summed E-state index contributed by atoms with van der Waals surface area (Å²) in [5.41, 5.74) is 2.60. The van der Waals surface area contributed by atoms with Crippen molar-refractivity contribution in [2.45, 2.75) is 13.5 Å². The molecule has 1 heterocycles. The Bertz CT molecular complexity index is 878. The first-order valence-electron chi connectivity index (χ1n) is 7.54. The van der Waals surface area contributed by atoms with Crippen LogP contribution in [0.4, 0.5) is 0 Å². The lowest BCUT2D eigenvalue weighted by atomic mass is 10.1. The van der Waals surface area contributed by atoms with Gasteiger partial charge in [0.05, 0.1) is 18.1 Å². The number of benzene rings is 2. The largest absolute Gasteiger partial charge is 0.497 e. The van der Waals surface area contributed by atoms with E-state index in [1.54, 1.807) is 37.5 Å². The van der Waals surface area contributed by atoms with E-state index in [0.717, 1.165) is 23.4 Å². The third kappa shape index (κ3) is 3.01. The number of fused-ring (bicyclic) bond motifs is 1. The highest BCUT2D eigenvalue weighted by atomic mass is 16.5. The molecule has 0 aliphatic carbocycles. The summed E-state index contributed by atoms with van der Waals surface area (Å²) >= 11 is 0. The van der Waals surface area contributed by atoms with Crippen molar-refractivity contribution in [3.8, 4) is 5.75 Å². The normalized spacial score (nSPS) is 11.2. The Labute approximate surface area is 135 Å². The summed E-state index contributed by atoms with van der Waals surface area (Å²) in [6.45, 7) is 2.86. The third-order valence-electron chi connectivity index (χ3n) is 3.74. The number of aromatic nitrogens is 2. The van der Waals surface area contributed by atoms with Crippen LogP contribution in [0.3, 0.4) is 0 Å². The van der Waals surface area contributed by atoms with Gasteiger partial charge in [-0.3, -0.25) is 4.79 Å². The van der Waals surface area contributed by atoms with Gasteiger partial charge in [0.1, 0.15) is 11.6 Å². The first-order chi connectivity index (χ1) is 11.2. The Morgan fingerprint density at radius 3 is 2.83 bits per heavy atom. The molecule has 0 aliphatic heterocycles. The van der Waals surface area contributed by atoms with Crippen LogP contribution in [-0.4, -0.2) is 22.4 Å². The highest BCUT2D eigenvalue weighted by Crippen LogP contribution is 2.18. The molecule has 0 unspecified atom stereocenters. The zero-order chi connectivity index (χ0) is 16.2. The summed E-state index contributed by atoms with van der Waals surface area (Å²) in [6.07, 6.45) is 3.33. The highest BCUT2D eigenvalue weighted by molar-refractivity contribution is 6.07. The van der Waals surface area contributed by atoms with Crippen LogP contribution in [-0.2, 0) is 6.54 Å². The summed E-state index contributed by atoms with van der Waals surface area (Å²) in [6, 6.07) is 15.1. The lowest BCUT2D eigenvalue weighted by molar-refractivity contribution is 0.104. The van der Waals surface area contributed by atoms with Gasteiger partial charge in [0, 0.05) is 12.1 Å². The average molecular weight is 306 g/mol. The number of hydrogen-bond donors (Lipinski definition) is 0. The van der Waals surface area contributed by atoms with Gasteiger partial charge in [-0.05, 0) is 43.3 Å². The predicted octanol–water partition coefficient (Wildman–Crippen LogP) is 3.96. The second-order valence-corrected chi connectivity index (χ2v) is 5.13. The first-order valence-corrected chi connectivity index (χ1v) is 7.54. The summed E-state index contributed by atoms with van der Waals surface area (Å²) < 4.78 is 7.24. The van der Waals surface area contributed by atoms with Crippen molar-refractivity contribution in [3.63, 3.8) is 0 Å². The molecular formula is C19H18N2O2. The van der Waals surface area contributed by atoms with E-state index >= 15 is 0 Å². The number of nitrogens with zero attached hydrogens (tertiary/aromatic N) is 2. The van der Waals surface area contributed by atoms with E-state index in [2.05, 4.69) is 16.5 Å². The Morgan fingerprint density at radius 2 is 2.04 bits per heavy atom. The van der Waals surface area contributed by atoms with E-state index in [0.29, 0.717) is 11.3 Å². The number of carbonyl (C=O) groups is 1. The van der Waals surface area contributed by atoms with Crippen molar-refractivity contribution in [2.75, 3.05) is 7.11 Å². The Balaban J connectivity index is 1.91. The van der Waals surface area contributed by atoms with Gasteiger partial charge < -0.3 is 9.30 Å². The van der Waals surface area contributed by atoms with Gasteiger partial charge in [-0.1, -0.05) is 24.3 Å². The van der Waals surface area contributed by atoms with E-state index in [-0.39, 0.29) is 5.78 Å².